The molecule has 3 heteroatoms. The van der Waals surface area contributed by atoms with Crippen LogP contribution in [0.2, 0.25) is 0 Å². The van der Waals surface area contributed by atoms with Crippen molar-refractivity contribution in [2.45, 2.75) is 48.7 Å². The lowest BCUT2D eigenvalue weighted by molar-refractivity contribution is -0.134. The van der Waals surface area contributed by atoms with Gasteiger partial charge in [-0.1, -0.05) is 30.4 Å². The molecule has 2 atom stereocenters. The summed E-state index contributed by atoms with van der Waals surface area (Å²) in [5.74, 6) is 0.370. The first-order valence-corrected chi connectivity index (χ1v) is 9.32. The number of benzene rings is 1. The molecule has 2 heterocycles. The van der Waals surface area contributed by atoms with Gasteiger partial charge in [-0.2, -0.15) is 0 Å². The zero-order chi connectivity index (χ0) is 15.0. The molecule has 1 aromatic carbocycles. The van der Waals surface area contributed by atoms with Crippen LogP contribution in [0.5, 0.6) is 0 Å². The Morgan fingerprint density at radius 3 is 2.95 bits per heavy atom. The first-order valence-electron chi connectivity index (χ1n) is 8.44. The molecule has 0 radical (unpaired) electrons. The lowest BCUT2D eigenvalue weighted by Crippen LogP contribution is -2.49. The third-order valence-corrected chi connectivity index (χ3v) is 6.76. The zero-order valence-corrected chi connectivity index (χ0v) is 13.8. The molecule has 1 aliphatic carbocycles. The molecule has 0 N–H and O–H groups in total. The first-order chi connectivity index (χ1) is 10.8. The summed E-state index contributed by atoms with van der Waals surface area (Å²) in [6, 6.07) is 8.47. The third kappa shape index (κ3) is 2.60. The van der Waals surface area contributed by atoms with E-state index < -0.39 is 0 Å². The van der Waals surface area contributed by atoms with Crippen molar-refractivity contribution in [1.29, 1.82) is 0 Å². The first kappa shape index (κ1) is 14.4. The minimum absolute atomic E-state index is 0.103. The van der Waals surface area contributed by atoms with E-state index in [1.807, 2.05) is 0 Å². The van der Waals surface area contributed by atoms with Gasteiger partial charge in [0.2, 0.25) is 5.91 Å². The van der Waals surface area contributed by atoms with Crippen LogP contribution in [0, 0.1) is 5.41 Å². The van der Waals surface area contributed by atoms with E-state index in [-0.39, 0.29) is 5.25 Å². The van der Waals surface area contributed by atoms with Gasteiger partial charge in [0.25, 0.3) is 0 Å². The predicted octanol–water partition coefficient (Wildman–Crippen LogP) is 4.05. The van der Waals surface area contributed by atoms with Crippen LogP contribution in [0.25, 0.3) is 0 Å². The molecule has 1 spiro atoms. The quantitative estimate of drug-likeness (QED) is 0.729. The van der Waals surface area contributed by atoms with Crippen molar-refractivity contribution in [3.05, 3.63) is 42.0 Å². The Morgan fingerprint density at radius 1 is 1.23 bits per heavy atom. The van der Waals surface area contributed by atoms with Crippen molar-refractivity contribution in [2.24, 2.45) is 5.41 Å². The molecule has 3 aliphatic rings. The number of rotatable bonds is 1. The van der Waals surface area contributed by atoms with Crippen LogP contribution in [0.15, 0.2) is 41.3 Å². The normalized spacial score (nSPS) is 30.5. The van der Waals surface area contributed by atoms with Gasteiger partial charge in [-0.15, -0.1) is 11.8 Å². The van der Waals surface area contributed by atoms with E-state index in [0.29, 0.717) is 11.3 Å². The number of nitrogens with zero attached hydrogens (tertiary/aromatic N) is 1. The van der Waals surface area contributed by atoms with E-state index in [9.17, 15) is 4.79 Å². The molecule has 1 amide bonds. The van der Waals surface area contributed by atoms with E-state index in [1.54, 1.807) is 11.8 Å². The highest BCUT2D eigenvalue weighted by atomic mass is 32.2. The van der Waals surface area contributed by atoms with E-state index in [4.69, 9.17) is 0 Å². The molecular weight excluding hydrogens is 290 g/mol. The number of hydrogen-bond acceptors (Lipinski definition) is 2. The summed E-state index contributed by atoms with van der Waals surface area (Å²) < 4.78 is 0. The van der Waals surface area contributed by atoms with Crippen LogP contribution in [-0.4, -0.2) is 29.1 Å². The summed E-state index contributed by atoms with van der Waals surface area (Å²) in [5.41, 5.74) is 1.72. The standard InChI is InChI=1S/C19H23NOS/c21-18(17-13-15-7-2-3-8-16(15)22-17)20-12-6-11-19(14-20)9-4-1-5-10-19/h1-4,7-8,17H,5-6,9-14H2. The van der Waals surface area contributed by atoms with Gasteiger partial charge in [0.05, 0.1) is 5.25 Å². The zero-order valence-electron chi connectivity index (χ0n) is 13.0. The Morgan fingerprint density at radius 2 is 2.14 bits per heavy atom. The van der Waals surface area contributed by atoms with E-state index >= 15 is 0 Å². The van der Waals surface area contributed by atoms with Gasteiger partial charge >= 0.3 is 0 Å². The highest BCUT2D eigenvalue weighted by Gasteiger charge is 2.39. The van der Waals surface area contributed by atoms with Crippen LogP contribution in [-0.2, 0) is 11.2 Å². The lowest BCUT2D eigenvalue weighted by Gasteiger charge is -2.44. The number of hydrogen-bond donors (Lipinski definition) is 0. The molecule has 116 valence electrons. The number of carbonyl (C=O) groups excluding carboxylic acids is 1. The van der Waals surface area contributed by atoms with Crippen molar-refractivity contribution < 1.29 is 4.79 Å². The topological polar surface area (TPSA) is 20.3 Å². The molecule has 1 fully saturated rings. The summed E-state index contributed by atoms with van der Waals surface area (Å²) in [5, 5.41) is 0.103. The second-order valence-corrected chi connectivity index (χ2v) is 8.24. The summed E-state index contributed by atoms with van der Waals surface area (Å²) in [6.45, 7) is 1.93. The molecule has 22 heavy (non-hydrogen) atoms. The van der Waals surface area contributed by atoms with Crippen LogP contribution in [0.1, 0.15) is 37.7 Å². The summed E-state index contributed by atoms with van der Waals surface area (Å²) in [6.07, 6.45) is 11.6. The van der Waals surface area contributed by atoms with Gasteiger partial charge in [-0.3, -0.25) is 4.79 Å². The summed E-state index contributed by atoms with van der Waals surface area (Å²) in [7, 11) is 0. The van der Waals surface area contributed by atoms with E-state index in [2.05, 4.69) is 41.3 Å². The van der Waals surface area contributed by atoms with Crippen LogP contribution in [0.3, 0.4) is 0 Å². The number of likely N-dealkylation sites (tertiary alicyclic amines) is 1. The maximum Gasteiger partial charge on any atom is 0.236 e. The number of carbonyl (C=O) groups is 1. The third-order valence-electron chi connectivity index (χ3n) is 5.45. The minimum atomic E-state index is 0.103. The lowest BCUT2D eigenvalue weighted by atomic mass is 9.71. The molecule has 1 saturated heterocycles. The fourth-order valence-electron chi connectivity index (χ4n) is 4.23. The predicted molar refractivity (Wildman–Crippen MR) is 91.0 cm³/mol. The average Bonchev–Trinajstić information content (AvgIpc) is 2.99. The summed E-state index contributed by atoms with van der Waals surface area (Å²) in [4.78, 5) is 16.5. The fraction of sp³-hybridized carbons (Fsp3) is 0.526. The fourth-order valence-corrected chi connectivity index (χ4v) is 5.51. The Balaban J connectivity index is 1.46. The number of fused-ring (bicyclic) bond motifs is 1. The largest absolute Gasteiger partial charge is 0.341 e. The Bertz CT molecular complexity index is 586. The SMILES string of the molecule is O=C(C1Cc2ccccc2S1)N1CCCC2(CC=CCC2)C1. The Hall–Kier alpha value is -1.22. The van der Waals surface area contributed by atoms with E-state index in [0.717, 1.165) is 25.9 Å². The molecule has 0 aromatic heterocycles. The second-order valence-electron chi connectivity index (χ2n) is 7.00. The molecular formula is C19H23NOS. The number of thioether (sulfide) groups is 1. The van der Waals surface area contributed by atoms with Crippen molar-refractivity contribution in [1.82, 2.24) is 4.90 Å². The number of allylic oxidation sites excluding steroid dienone is 2. The molecule has 2 nitrogen and oxygen atoms in total. The van der Waals surface area contributed by atoms with Gasteiger partial charge in [0.1, 0.15) is 0 Å². The average molecular weight is 313 g/mol. The maximum atomic E-state index is 13.0. The molecule has 2 aliphatic heterocycles. The van der Waals surface area contributed by atoms with Crippen molar-refractivity contribution in [3.8, 4) is 0 Å². The molecule has 0 bridgehead atoms. The van der Waals surface area contributed by atoms with Gasteiger partial charge < -0.3 is 4.90 Å². The van der Waals surface area contributed by atoms with Crippen molar-refractivity contribution in [2.75, 3.05) is 13.1 Å². The molecule has 4 rings (SSSR count). The molecule has 0 saturated carbocycles. The van der Waals surface area contributed by atoms with Crippen LogP contribution in [0.4, 0.5) is 0 Å². The number of piperidine rings is 1. The van der Waals surface area contributed by atoms with Gasteiger partial charge in [0, 0.05) is 18.0 Å². The highest BCUT2D eigenvalue weighted by molar-refractivity contribution is 8.01. The van der Waals surface area contributed by atoms with Gasteiger partial charge in [0.15, 0.2) is 0 Å². The highest BCUT2D eigenvalue weighted by Crippen LogP contribution is 2.43. The Kier molecular flexibility index (Phi) is 3.77. The minimum Gasteiger partial charge on any atom is -0.341 e. The molecule has 1 aromatic rings. The van der Waals surface area contributed by atoms with Gasteiger partial charge in [-0.05, 0) is 55.6 Å². The van der Waals surface area contributed by atoms with E-state index in [1.165, 1.54) is 36.1 Å². The molecule has 2 unspecified atom stereocenters. The van der Waals surface area contributed by atoms with Crippen molar-refractivity contribution in [3.63, 3.8) is 0 Å². The van der Waals surface area contributed by atoms with Crippen LogP contribution < -0.4 is 0 Å². The number of amides is 1. The monoisotopic (exact) mass is 313 g/mol. The summed E-state index contributed by atoms with van der Waals surface area (Å²) >= 11 is 1.77. The maximum absolute atomic E-state index is 13.0. The van der Waals surface area contributed by atoms with Crippen LogP contribution >= 0.6 is 11.8 Å². The van der Waals surface area contributed by atoms with Gasteiger partial charge in [-0.25, -0.2) is 0 Å². The Labute approximate surface area is 137 Å². The smallest absolute Gasteiger partial charge is 0.236 e. The second kappa shape index (κ2) is 5.77. The van der Waals surface area contributed by atoms with Crippen molar-refractivity contribution >= 4 is 17.7 Å².